The van der Waals surface area contributed by atoms with Crippen LogP contribution >= 0.6 is 0 Å². The highest BCUT2D eigenvalue weighted by Gasteiger charge is 2.39. The van der Waals surface area contributed by atoms with Gasteiger partial charge in [-0.1, -0.05) is 66.7 Å². The van der Waals surface area contributed by atoms with E-state index in [9.17, 15) is 9.90 Å². The molecule has 3 aromatic carbocycles. The smallest absolute Gasteiger partial charge is 0.280 e. The van der Waals surface area contributed by atoms with E-state index in [4.69, 9.17) is 19.9 Å². The molecule has 0 saturated carbocycles. The lowest BCUT2D eigenvalue weighted by Gasteiger charge is -2.37. The summed E-state index contributed by atoms with van der Waals surface area (Å²) in [5, 5.41) is 9.67. The Morgan fingerprint density at radius 1 is 1.02 bits per heavy atom. The number of fused-ring (bicyclic) bond motifs is 1. The number of aliphatic hydroxyl groups excluding tert-OH is 1. The fourth-order valence-electron chi connectivity index (χ4n) is 5.48. The van der Waals surface area contributed by atoms with Crippen molar-refractivity contribution in [2.75, 3.05) is 19.5 Å². The first-order valence-electron chi connectivity index (χ1n) is 13.4. The summed E-state index contributed by atoms with van der Waals surface area (Å²) in [6.45, 7) is 0.247. The standard InChI is InChI=1S/C31H31N5O5/c1-39-24-13-11-23(12-14-24)31(21-5-3-2-4-6-21,22-9-7-20(17-37)8-10-22)40-18-25-15-16-26(41-25)36-19-33-27-28(36)34-30(32)35-29(27)38/h2-14,19,25-26,37H,15-18H2,1H3,(H3,32,34,35,38)/t25-,26+,31?/m0/s1. The number of hydrogen-bond donors (Lipinski definition) is 3. The zero-order valence-corrected chi connectivity index (χ0v) is 22.6. The lowest BCUT2D eigenvalue weighted by molar-refractivity contribution is -0.0756. The van der Waals surface area contributed by atoms with Crippen LogP contribution in [0.15, 0.2) is 90.0 Å². The number of anilines is 1. The number of nitrogens with one attached hydrogen (secondary N) is 1. The topological polar surface area (TPSA) is 138 Å². The molecular weight excluding hydrogens is 522 g/mol. The number of rotatable bonds is 9. The van der Waals surface area contributed by atoms with E-state index >= 15 is 0 Å². The lowest BCUT2D eigenvalue weighted by atomic mass is 9.79. The molecule has 1 fully saturated rings. The van der Waals surface area contributed by atoms with Crippen LogP contribution in [0.5, 0.6) is 5.75 Å². The molecular formula is C31H31N5O5. The van der Waals surface area contributed by atoms with E-state index in [0.717, 1.165) is 34.4 Å². The van der Waals surface area contributed by atoms with Crippen LogP contribution in [-0.4, -0.2) is 44.4 Å². The predicted molar refractivity (Wildman–Crippen MR) is 153 cm³/mol. The molecule has 0 aliphatic carbocycles. The number of nitrogens with two attached hydrogens (primary N) is 1. The Labute approximate surface area is 236 Å². The molecule has 0 bridgehead atoms. The molecule has 6 rings (SSSR count). The Hall–Kier alpha value is -4.51. The molecule has 10 nitrogen and oxygen atoms in total. The zero-order valence-electron chi connectivity index (χ0n) is 22.6. The monoisotopic (exact) mass is 553 g/mol. The average Bonchev–Trinajstić information content (AvgIpc) is 3.66. The number of aromatic nitrogens is 4. The summed E-state index contributed by atoms with van der Waals surface area (Å²) in [5.74, 6) is 0.774. The average molecular weight is 554 g/mol. The largest absolute Gasteiger partial charge is 0.497 e. The maximum absolute atomic E-state index is 12.3. The number of imidazole rings is 1. The van der Waals surface area contributed by atoms with Crippen molar-refractivity contribution in [3.8, 4) is 5.75 Å². The van der Waals surface area contributed by atoms with Crippen molar-refractivity contribution in [3.63, 3.8) is 0 Å². The third-order valence-corrected chi connectivity index (χ3v) is 7.55. The maximum atomic E-state index is 12.3. The number of ether oxygens (including phenoxy) is 3. The van der Waals surface area contributed by atoms with Crippen molar-refractivity contribution < 1.29 is 19.3 Å². The number of aromatic amines is 1. The van der Waals surface area contributed by atoms with Crippen molar-refractivity contribution in [1.82, 2.24) is 19.5 Å². The first kappa shape index (κ1) is 26.7. The Bertz CT molecular complexity index is 1640. The molecule has 0 amide bonds. The zero-order chi connectivity index (χ0) is 28.4. The van der Waals surface area contributed by atoms with Crippen LogP contribution in [0.2, 0.25) is 0 Å². The normalized spacial score (nSPS) is 18.4. The van der Waals surface area contributed by atoms with Gasteiger partial charge in [-0.15, -0.1) is 0 Å². The van der Waals surface area contributed by atoms with Gasteiger partial charge in [0.15, 0.2) is 11.2 Å². The third kappa shape index (κ3) is 4.97. The summed E-state index contributed by atoms with van der Waals surface area (Å²) < 4.78 is 20.6. The molecule has 1 aliphatic rings. The number of nitrogen functional groups attached to an aromatic ring is 1. The SMILES string of the molecule is COc1ccc(C(OC[C@@H]2CC[C@H](n3cnc4c(=O)[nH]c(N)nc43)O2)(c2ccccc2)c2ccc(CO)cc2)cc1. The van der Waals surface area contributed by atoms with Crippen LogP contribution in [-0.2, 0) is 21.7 Å². The van der Waals surface area contributed by atoms with Crippen LogP contribution in [0, 0.1) is 0 Å². The number of hydrogen-bond acceptors (Lipinski definition) is 8. The molecule has 1 saturated heterocycles. The van der Waals surface area contributed by atoms with Crippen molar-refractivity contribution in [2.45, 2.75) is 37.4 Å². The van der Waals surface area contributed by atoms with Crippen LogP contribution in [0.3, 0.4) is 0 Å². The highest BCUT2D eigenvalue weighted by molar-refractivity contribution is 5.70. The van der Waals surface area contributed by atoms with E-state index in [-0.39, 0.29) is 36.0 Å². The Kier molecular flexibility index (Phi) is 7.27. The van der Waals surface area contributed by atoms with Gasteiger partial charge in [-0.2, -0.15) is 4.98 Å². The molecule has 5 aromatic rings. The van der Waals surface area contributed by atoms with E-state index in [1.807, 2.05) is 78.9 Å². The number of methoxy groups -OCH3 is 1. The number of benzene rings is 3. The summed E-state index contributed by atoms with van der Waals surface area (Å²) in [6, 6.07) is 25.7. The van der Waals surface area contributed by atoms with Crippen LogP contribution < -0.4 is 16.0 Å². The first-order chi connectivity index (χ1) is 20.0. The van der Waals surface area contributed by atoms with Crippen LogP contribution in [0.1, 0.15) is 41.3 Å². The Morgan fingerprint density at radius 2 is 1.71 bits per heavy atom. The lowest BCUT2D eigenvalue weighted by Crippen LogP contribution is -2.35. The predicted octanol–water partition coefficient (Wildman–Crippen LogP) is 3.89. The highest BCUT2D eigenvalue weighted by atomic mass is 16.6. The fraction of sp³-hybridized carbons (Fsp3) is 0.258. The summed E-state index contributed by atoms with van der Waals surface area (Å²) in [6.07, 6.45) is 2.40. The van der Waals surface area contributed by atoms with Crippen molar-refractivity contribution in [1.29, 1.82) is 0 Å². The molecule has 3 atom stereocenters. The number of aliphatic hydroxyl groups is 1. The van der Waals surface area contributed by atoms with E-state index in [1.165, 1.54) is 0 Å². The van der Waals surface area contributed by atoms with Crippen molar-refractivity contribution in [2.24, 2.45) is 0 Å². The summed E-state index contributed by atoms with van der Waals surface area (Å²) in [7, 11) is 1.64. The first-order valence-corrected chi connectivity index (χ1v) is 13.4. The summed E-state index contributed by atoms with van der Waals surface area (Å²) in [5.41, 5.74) is 8.65. The molecule has 3 heterocycles. The second-order valence-electron chi connectivity index (χ2n) is 10.0. The second-order valence-corrected chi connectivity index (χ2v) is 10.0. The van der Waals surface area contributed by atoms with E-state index in [0.29, 0.717) is 18.7 Å². The minimum absolute atomic E-state index is 0.0292. The van der Waals surface area contributed by atoms with E-state index < -0.39 is 5.60 Å². The van der Waals surface area contributed by atoms with Gasteiger partial charge in [0.1, 0.15) is 17.6 Å². The van der Waals surface area contributed by atoms with E-state index in [1.54, 1.807) is 18.0 Å². The maximum Gasteiger partial charge on any atom is 0.280 e. The van der Waals surface area contributed by atoms with Gasteiger partial charge in [-0.25, -0.2) is 4.98 Å². The summed E-state index contributed by atoms with van der Waals surface area (Å²) >= 11 is 0. The van der Waals surface area contributed by atoms with Crippen molar-refractivity contribution >= 4 is 17.1 Å². The van der Waals surface area contributed by atoms with Gasteiger partial charge < -0.3 is 25.1 Å². The van der Waals surface area contributed by atoms with Gasteiger partial charge in [0.05, 0.1) is 32.8 Å². The van der Waals surface area contributed by atoms with Gasteiger partial charge in [0, 0.05) is 0 Å². The molecule has 0 spiro atoms. The molecule has 210 valence electrons. The van der Waals surface area contributed by atoms with Gasteiger partial charge in [-0.05, 0) is 47.2 Å². The Balaban J connectivity index is 1.35. The molecule has 0 radical (unpaired) electrons. The molecule has 1 unspecified atom stereocenters. The molecule has 1 aliphatic heterocycles. The highest BCUT2D eigenvalue weighted by Crippen LogP contribution is 2.42. The second kappa shape index (κ2) is 11.2. The van der Waals surface area contributed by atoms with Crippen LogP contribution in [0.25, 0.3) is 11.2 Å². The number of H-pyrrole nitrogens is 1. The van der Waals surface area contributed by atoms with Gasteiger partial charge in [0.2, 0.25) is 5.95 Å². The molecule has 2 aromatic heterocycles. The molecule has 10 heteroatoms. The minimum Gasteiger partial charge on any atom is -0.497 e. The van der Waals surface area contributed by atoms with E-state index in [2.05, 4.69) is 15.0 Å². The van der Waals surface area contributed by atoms with Gasteiger partial charge >= 0.3 is 0 Å². The fourth-order valence-corrected chi connectivity index (χ4v) is 5.48. The Morgan fingerprint density at radius 3 is 2.39 bits per heavy atom. The van der Waals surface area contributed by atoms with Gasteiger partial charge in [-0.3, -0.25) is 14.3 Å². The van der Waals surface area contributed by atoms with Gasteiger partial charge in [0.25, 0.3) is 5.56 Å². The molecule has 4 N–H and O–H groups in total. The van der Waals surface area contributed by atoms with Crippen molar-refractivity contribution in [3.05, 3.63) is 118 Å². The third-order valence-electron chi connectivity index (χ3n) is 7.55. The quantitative estimate of drug-likeness (QED) is 0.234. The van der Waals surface area contributed by atoms with Crippen LogP contribution in [0.4, 0.5) is 5.95 Å². The minimum atomic E-state index is -0.964. The number of nitrogens with zero attached hydrogens (tertiary/aromatic N) is 3. The molecule has 41 heavy (non-hydrogen) atoms. The summed E-state index contributed by atoms with van der Waals surface area (Å²) in [4.78, 5) is 23.2.